The maximum absolute atomic E-state index is 12.1. The highest BCUT2D eigenvalue weighted by molar-refractivity contribution is 6.06. The molecule has 1 rings (SSSR count). The average molecular weight is 319 g/mol. The molecule has 2 N–H and O–H groups in total. The first kappa shape index (κ1) is 18.7. The summed E-state index contributed by atoms with van der Waals surface area (Å²) >= 11 is 0. The predicted molar refractivity (Wildman–Crippen MR) is 91.8 cm³/mol. The van der Waals surface area contributed by atoms with Crippen LogP contribution in [0.5, 0.6) is 5.75 Å². The third kappa shape index (κ3) is 6.95. The van der Waals surface area contributed by atoms with Crippen LogP contribution >= 0.6 is 0 Å². The van der Waals surface area contributed by atoms with Crippen molar-refractivity contribution in [2.24, 2.45) is 5.10 Å². The van der Waals surface area contributed by atoms with Gasteiger partial charge in [-0.05, 0) is 38.0 Å². The molecule has 0 unspecified atom stereocenters. The zero-order valence-electron chi connectivity index (χ0n) is 14.2. The standard InChI is InChI=1S/C17H25N3O3/c1-5-6-7-16(21)20-19-13(3)11-17(22)18-14-10-12(2)8-9-15(14)23-4/h8-10H,5-7,11H2,1-4H3,(H,18,22)(H,20,21)/b19-13-. The van der Waals surface area contributed by atoms with E-state index < -0.39 is 0 Å². The lowest BCUT2D eigenvalue weighted by Gasteiger charge is -2.11. The number of aryl methyl sites for hydroxylation is 1. The smallest absolute Gasteiger partial charge is 0.240 e. The lowest BCUT2D eigenvalue weighted by atomic mass is 10.2. The topological polar surface area (TPSA) is 79.8 Å². The summed E-state index contributed by atoms with van der Waals surface area (Å²) in [4.78, 5) is 23.5. The zero-order valence-corrected chi connectivity index (χ0v) is 14.2. The number of carbonyl (C=O) groups excluding carboxylic acids is 2. The molecular weight excluding hydrogens is 294 g/mol. The van der Waals surface area contributed by atoms with E-state index in [0.717, 1.165) is 18.4 Å². The number of rotatable bonds is 8. The Labute approximate surface area is 137 Å². The summed E-state index contributed by atoms with van der Waals surface area (Å²) in [5.74, 6) is 0.260. The molecule has 0 atom stereocenters. The van der Waals surface area contributed by atoms with Crippen LogP contribution in [0.15, 0.2) is 23.3 Å². The van der Waals surface area contributed by atoms with Gasteiger partial charge in [0, 0.05) is 12.1 Å². The van der Waals surface area contributed by atoms with Crippen molar-refractivity contribution in [3.05, 3.63) is 23.8 Å². The first-order valence-electron chi connectivity index (χ1n) is 7.72. The number of anilines is 1. The third-order valence-corrected chi connectivity index (χ3v) is 3.17. The van der Waals surface area contributed by atoms with Gasteiger partial charge in [0.1, 0.15) is 5.75 Å². The molecule has 0 aliphatic rings. The largest absolute Gasteiger partial charge is 0.495 e. The number of hydrazone groups is 1. The molecule has 2 amide bonds. The van der Waals surface area contributed by atoms with E-state index in [4.69, 9.17) is 4.74 Å². The van der Waals surface area contributed by atoms with Gasteiger partial charge >= 0.3 is 0 Å². The first-order chi connectivity index (χ1) is 11.0. The van der Waals surface area contributed by atoms with Crippen LogP contribution in [0.25, 0.3) is 0 Å². The van der Waals surface area contributed by atoms with E-state index in [2.05, 4.69) is 15.8 Å². The molecule has 0 heterocycles. The highest BCUT2D eigenvalue weighted by Crippen LogP contribution is 2.25. The first-order valence-corrected chi connectivity index (χ1v) is 7.72. The van der Waals surface area contributed by atoms with E-state index in [-0.39, 0.29) is 18.2 Å². The van der Waals surface area contributed by atoms with Crippen molar-refractivity contribution in [1.82, 2.24) is 5.43 Å². The maximum Gasteiger partial charge on any atom is 0.240 e. The fourth-order valence-electron chi connectivity index (χ4n) is 1.94. The zero-order chi connectivity index (χ0) is 17.2. The van der Waals surface area contributed by atoms with Gasteiger partial charge in [-0.25, -0.2) is 5.43 Å². The average Bonchev–Trinajstić information content (AvgIpc) is 2.51. The van der Waals surface area contributed by atoms with Gasteiger partial charge in [-0.1, -0.05) is 19.4 Å². The number of carbonyl (C=O) groups is 2. The molecule has 126 valence electrons. The van der Waals surface area contributed by atoms with E-state index in [9.17, 15) is 9.59 Å². The second-order valence-corrected chi connectivity index (χ2v) is 5.41. The Kier molecular flexibility index (Phi) is 7.80. The molecule has 0 spiro atoms. The summed E-state index contributed by atoms with van der Waals surface area (Å²) in [6.07, 6.45) is 2.33. The predicted octanol–water partition coefficient (Wildman–Crippen LogP) is 3.01. The number of methoxy groups -OCH3 is 1. The Balaban J connectivity index is 2.56. The number of unbranched alkanes of at least 4 members (excludes halogenated alkanes) is 1. The highest BCUT2D eigenvalue weighted by atomic mass is 16.5. The Hall–Kier alpha value is -2.37. The van der Waals surface area contributed by atoms with Gasteiger partial charge in [0.15, 0.2) is 0 Å². The van der Waals surface area contributed by atoms with Gasteiger partial charge in [-0.2, -0.15) is 5.10 Å². The monoisotopic (exact) mass is 319 g/mol. The lowest BCUT2D eigenvalue weighted by Crippen LogP contribution is -2.21. The fourth-order valence-corrected chi connectivity index (χ4v) is 1.94. The summed E-state index contributed by atoms with van der Waals surface area (Å²) in [5.41, 5.74) is 4.65. The molecule has 23 heavy (non-hydrogen) atoms. The van der Waals surface area contributed by atoms with Crippen LogP contribution in [0.4, 0.5) is 5.69 Å². The number of nitrogens with zero attached hydrogens (tertiary/aromatic N) is 1. The molecule has 0 fully saturated rings. The molecule has 0 saturated carbocycles. The van der Waals surface area contributed by atoms with Crippen LogP contribution in [-0.2, 0) is 9.59 Å². The molecule has 0 saturated heterocycles. The Morgan fingerprint density at radius 3 is 2.65 bits per heavy atom. The van der Waals surface area contributed by atoms with Crippen LogP contribution < -0.4 is 15.5 Å². The van der Waals surface area contributed by atoms with Crippen molar-refractivity contribution in [2.75, 3.05) is 12.4 Å². The number of hydrogen-bond acceptors (Lipinski definition) is 4. The van der Waals surface area contributed by atoms with Gasteiger partial charge in [0.05, 0.1) is 19.2 Å². The van der Waals surface area contributed by atoms with Crippen LogP contribution in [0.3, 0.4) is 0 Å². The SMILES string of the molecule is CCCCC(=O)N/N=C(/C)CC(=O)Nc1cc(C)ccc1OC. The summed E-state index contributed by atoms with van der Waals surface area (Å²) in [5, 5.41) is 6.74. The van der Waals surface area contributed by atoms with Crippen LogP contribution in [0, 0.1) is 6.92 Å². The Morgan fingerprint density at radius 2 is 2.00 bits per heavy atom. The van der Waals surface area contributed by atoms with E-state index in [1.165, 1.54) is 0 Å². The van der Waals surface area contributed by atoms with E-state index in [1.807, 2.05) is 26.0 Å². The maximum atomic E-state index is 12.1. The lowest BCUT2D eigenvalue weighted by molar-refractivity contribution is -0.121. The molecular formula is C17H25N3O3. The molecule has 0 aliphatic heterocycles. The van der Waals surface area contributed by atoms with Gasteiger partial charge in [-0.15, -0.1) is 0 Å². The van der Waals surface area contributed by atoms with Crippen molar-refractivity contribution in [3.63, 3.8) is 0 Å². The molecule has 1 aromatic rings. The third-order valence-electron chi connectivity index (χ3n) is 3.17. The minimum absolute atomic E-state index is 0.102. The normalized spacial score (nSPS) is 11.0. The van der Waals surface area contributed by atoms with Crippen LogP contribution in [0.1, 0.15) is 45.1 Å². The van der Waals surface area contributed by atoms with Crippen molar-refractivity contribution in [2.45, 2.75) is 46.5 Å². The van der Waals surface area contributed by atoms with Gasteiger partial charge in [0.2, 0.25) is 11.8 Å². The van der Waals surface area contributed by atoms with Gasteiger partial charge < -0.3 is 10.1 Å². The number of ether oxygens (including phenoxy) is 1. The Bertz CT molecular complexity index is 582. The van der Waals surface area contributed by atoms with Crippen molar-refractivity contribution in [1.29, 1.82) is 0 Å². The molecule has 1 aromatic carbocycles. The van der Waals surface area contributed by atoms with E-state index in [0.29, 0.717) is 23.6 Å². The molecule has 0 aliphatic carbocycles. The van der Waals surface area contributed by atoms with Gasteiger partial charge in [0.25, 0.3) is 0 Å². The number of benzene rings is 1. The number of hydrogen-bond donors (Lipinski definition) is 2. The minimum atomic E-state index is -0.210. The molecule has 0 bridgehead atoms. The fraction of sp³-hybridized carbons (Fsp3) is 0.471. The summed E-state index contributed by atoms with van der Waals surface area (Å²) in [6, 6.07) is 5.56. The van der Waals surface area contributed by atoms with Crippen molar-refractivity contribution in [3.8, 4) is 5.75 Å². The quantitative estimate of drug-likeness (QED) is 0.571. The number of nitrogens with one attached hydrogen (secondary N) is 2. The van der Waals surface area contributed by atoms with E-state index >= 15 is 0 Å². The van der Waals surface area contributed by atoms with Crippen molar-refractivity contribution >= 4 is 23.2 Å². The summed E-state index contributed by atoms with van der Waals surface area (Å²) < 4.78 is 5.22. The summed E-state index contributed by atoms with van der Waals surface area (Å²) in [7, 11) is 1.55. The molecule has 6 nitrogen and oxygen atoms in total. The number of amides is 2. The van der Waals surface area contributed by atoms with Crippen LogP contribution in [0.2, 0.25) is 0 Å². The second-order valence-electron chi connectivity index (χ2n) is 5.41. The minimum Gasteiger partial charge on any atom is -0.495 e. The van der Waals surface area contributed by atoms with E-state index in [1.54, 1.807) is 20.1 Å². The van der Waals surface area contributed by atoms with Crippen LogP contribution in [-0.4, -0.2) is 24.6 Å². The second kappa shape index (κ2) is 9.61. The highest BCUT2D eigenvalue weighted by Gasteiger charge is 2.09. The Morgan fingerprint density at radius 1 is 1.26 bits per heavy atom. The van der Waals surface area contributed by atoms with Gasteiger partial charge in [-0.3, -0.25) is 9.59 Å². The molecule has 0 aromatic heterocycles. The molecule has 0 radical (unpaired) electrons. The molecule has 6 heteroatoms. The summed E-state index contributed by atoms with van der Waals surface area (Å²) in [6.45, 7) is 5.66. The van der Waals surface area contributed by atoms with Crippen molar-refractivity contribution < 1.29 is 14.3 Å².